The lowest BCUT2D eigenvalue weighted by atomic mass is 9.59. The van der Waals surface area contributed by atoms with E-state index in [0.717, 1.165) is 39.8 Å². The maximum absolute atomic E-state index is 5.01. The van der Waals surface area contributed by atoms with Gasteiger partial charge in [-0.3, -0.25) is 9.55 Å². The Morgan fingerprint density at radius 1 is 0.744 bits per heavy atom. The van der Waals surface area contributed by atoms with E-state index in [4.69, 9.17) is 9.97 Å². The summed E-state index contributed by atoms with van der Waals surface area (Å²) in [5.41, 5.74) is 11.6. The second-order valence-corrected chi connectivity index (χ2v) is 10.6. The largest absolute Gasteiger partial charge is 0.421 e. The van der Waals surface area contributed by atoms with Crippen molar-refractivity contribution in [2.24, 2.45) is 0 Å². The highest BCUT2D eigenvalue weighted by atomic mass is 15.3. The molecule has 204 valence electrons. The molecular weight excluding hydrogens is 527 g/mol. The number of benzene rings is 3. The van der Waals surface area contributed by atoms with Crippen molar-refractivity contribution in [2.45, 2.75) is 6.92 Å². The van der Waals surface area contributed by atoms with Crippen molar-refractivity contribution in [3.8, 4) is 28.3 Å². The monoisotopic (exact) mass is 554 g/mol. The van der Waals surface area contributed by atoms with Crippen LogP contribution in [-0.4, -0.2) is 26.5 Å². The van der Waals surface area contributed by atoms with E-state index in [-0.39, 0.29) is 6.98 Å². The topological polar surface area (TPSA) is 50.1 Å². The lowest BCUT2D eigenvalue weighted by Gasteiger charge is -2.37. The van der Waals surface area contributed by atoms with Gasteiger partial charge in [0.05, 0.1) is 11.7 Å². The standard InChI is InChI=1S/C36H27BN6/c1-3-4-18-32-25(2)42(37-30-17-10-8-15-28(30)29-16-9-11-19-33(29)43(32)37)27-21-22-31(39-24-27)36-40-35-34(20-12-23-38-35)41(36)26-13-6-5-7-14-26/h3-24H,1H2,2H3/b18-4-. The average Bonchev–Trinajstić information content (AvgIpc) is 3.60. The number of imidazole rings is 1. The Bertz CT molecular complexity index is 2080. The van der Waals surface area contributed by atoms with Gasteiger partial charge in [0.15, 0.2) is 11.5 Å². The molecule has 0 spiro atoms. The van der Waals surface area contributed by atoms with Gasteiger partial charge in [-0.15, -0.1) is 0 Å². The number of allylic oxidation sites excluding steroid dienone is 4. The SMILES string of the molecule is C=C/C=C\C1=C(C)N(c2ccc(-c3nc4ncccc4n3-c3ccccc3)nc2)B2c3ccccc3-c3ccccc3N21. The van der Waals surface area contributed by atoms with Crippen LogP contribution in [0, 0.1) is 0 Å². The van der Waals surface area contributed by atoms with Crippen molar-refractivity contribution >= 4 is 35.0 Å². The molecule has 6 nitrogen and oxygen atoms in total. The number of hydrogen-bond donors (Lipinski definition) is 0. The number of anilines is 2. The number of fused-ring (bicyclic) bond motifs is 7. The van der Waals surface area contributed by atoms with Crippen LogP contribution >= 0.6 is 0 Å². The van der Waals surface area contributed by atoms with Crippen LogP contribution in [0.15, 0.2) is 152 Å². The Morgan fingerprint density at radius 2 is 1.53 bits per heavy atom. The third-order valence-electron chi connectivity index (χ3n) is 8.26. The van der Waals surface area contributed by atoms with Gasteiger partial charge in [-0.25, -0.2) is 9.97 Å². The number of hydrogen-bond acceptors (Lipinski definition) is 5. The van der Waals surface area contributed by atoms with E-state index in [1.54, 1.807) is 6.20 Å². The quantitative estimate of drug-likeness (QED) is 0.167. The minimum absolute atomic E-state index is 0.0543. The molecule has 2 aliphatic rings. The number of nitrogens with zero attached hydrogens (tertiary/aromatic N) is 6. The van der Waals surface area contributed by atoms with Crippen LogP contribution < -0.4 is 15.1 Å². The van der Waals surface area contributed by atoms with Gasteiger partial charge >= 0.3 is 6.98 Å². The van der Waals surface area contributed by atoms with E-state index < -0.39 is 0 Å². The Kier molecular flexibility index (Phi) is 5.82. The third-order valence-corrected chi connectivity index (χ3v) is 8.26. The molecule has 0 saturated carbocycles. The maximum atomic E-state index is 5.01. The first kappa shape index (κ1) is 25.1. The molecule has 3 aromatic carbocycles. The van der Waals surface area contributed by atoms with Gasteiger partial charge in [-0.1, -0.05) is 79.4 Å². The van der Waals surface area contributed by atoms with Crippen LogP contribution in [-0.2, 0) is 0 Å². The van der Waals surface area contributed by atoms with Crippen molar-refractivity contribution < 1.29 is 0 Å². The highest BCUT2D eigenvalue weighted by Crippen LogP contribution is 2.44. The molecule has 5 heterocycles. The van der Waals surface area contributed by atoms with Crippen molar-refractivity contribution in [3.63, 3.8) is 0 Å². The van der Waals surface area contributed by atoms with Crippen LogP contribution in [0.2, 0.25) is 0 Å². The van der Waals surface area contributed by atoms with Gasteiger partial charge in [-0.2, -0.15) is 0 Å². The summed E-state index contributed by atoms with van der Waals surface area (Å²) in [6.45, 7) is 6.05. The van der Waals surface area contributed by atoms with Crippen molar-refractivity contribution in [2.75, 3.05) is 9.62 Å². The molecule has 0 bridgehead atoms. The van der Waals surface area contributed by atoms with E-state index >= 15 is 0 Å². The Balaban J connectivity index is 1.27. The molecule has 3 aromatic heterocycles. The zero-order valence-corrected chi connectivity index (χ0v) is 23.7. The Labute approximate surface area is 250 Å². The Hall–Kier alpha value is -5.69. The normalized spacial score (nSPS) is 13.9. The maximum Gasteiger partial charge on any atom is 0.421 e. The molecule has 0 atom stereocenters. The lowest BCUT2D eigenvalue weighted by molar-refractivity contribution is 1.08. The fraction of sp³-hybridized carbons (Fsp3) is 0.0278. The third kappa shape index (κ3) is 3.86. The summed E-state index contributed by atoms with van der Waals surface area (Å²) in [5, 5.41) is 0. The molecule has 0 unspecified atom stereocenters. The summed E-state index contributed by atoms with van der Waals surface area (Å²) >= 11 is 0. The minimum Gasteiger partial charge on any atom is -0.362 e. The first-order valence-corrected chi connectivity index (χ1v) is 14.4. The van der Waals surface area contributed by atoms with Gasteiger partial charge in [0.1, 0.15) is 5.69 Å². The van der Waals surface area contributed by atoms with Gasteiger partial charge in [0.2, 0.25) is 0 Å². The second-order valence-electron chi connectivity index (χ2n) is 10.6. The molecule has 0 aliphatic carbocycles. The highest BCUT2D eigenvalue weighted by Gasteiger charge is 2.47. The fourth-order valence-corrected chi connectivity index (χ4v) is 6.43. The van der Waals surface area contributed by atoms with Gasteiger partial charge in [0, 0.05) is 40.2 Å². The molecule has 0 radical (unpaired) electrons. The van der Waals surface area contributed by atoms with E-state index in [2.05, 4.69) is 112 Å². The van der Waals surface area contributed by atoms with E-state index in [9.17, 15) is 0 Å². The lowest BCUT2D eigenvalue weighted by Crippen LogP contribution is -2.57. The summed E-state index contributed by atoms with van der Waals surface area (Å²) in [7, 11) is 0. The van der Waals surface area contributed by atoms with Gasteiger partial charge in [0.25, 0.3) is 0 Å². The summed E-state index contributed by atoms with van der Waals surface area (Å²) in [4.78, 5) is 19.3. The van der Waals surface area contributed by atoms with Crippen LogP contribution in [0.5, 0.6) is 0 Å². The molecule has 0 fully saturated rings. The second kappa shape index (κ2) is 9.99. The molecule has 8 rings (SSSR count). The molecular formula is C36H27BN6. The number of pyridine rings is 2. The van der Waals surface area contributed by atoms with Crippen LogP contribution in [0.3, 0.4) is 0 Å². The fourth-order valence-electron chi connectivity index (χ4n) is 6.43. The number of rotatable bonds is 5. The van der Waals surface area contributed by atoms with Crippen LogP contribution in [0.25, 0.3) is 39.5 Å². The van der Waals surface area contributed by atoms with Gasteiger partial charge < -0.3 is 9.62 Å². The molecule has 7 heteroatoms. The molecule has 2 aliphatic heterocycles. The van der Waals surface area contributed by atoms with Crippen LogP contribution in [0.1, 0.15) is 6.92 Å². The number of para-hydroxylation sites is 2. The predicted octanol–water partition coefficient (Wildman–Crippen LogP) is 7.16. The average molecular weight is 554 g/mol. The zero-order valence-electron chi connectivity index (χ0n) is 23.7. The molecule has 6 aromatic rings. The summed E-state index contributed by atoms with van der Waals surface area (Å²) in [5.74, 6) is 0.758. The first-order valence-electron chi connectivity index (χ1n) is 14.4. The number of aromatic nitrogens is 4. The summed E-state index contributed by atoms with van der Waals surface area (Å²) < 4.78 is 2.12. The summed E-state index contributed by atoms with van der Waals surface area (Å²) in [6, 6.07) is 35.8. The van der Waals surface area contributed by atoms with E-state index in [1.807, 2.05) is 48.7 Å². The Morgan fingerprint density at radius 3 is 2.35 bits per heavy atom. The summed E-state index contributed by atoms with van der Waals surface area (Å²) in [6.07, 6.45) is 9.72. The van der Waals surface area contributed by atoms with Crippen molar-refractivity contribution in [1.82, 2.24) is 19.5 Å². The zero-order chi connectivity index (χ0) is 28.9. The molecule has 0 saturated heterocycles. The minimum atomic E-state index is -0.0543. The highest BCUT2D eigenvalue weighted by molar-refractivity contribution is 6.84. The van der Waals surface area contributed by atoms with Crippen LogP contribution in [0.4, 0.5) is 11.4 Å². The molecule has 43 heavy (non-hydrogen) atoms. The molecule has 0 amide bonds. The van der Waals surface area contributed by atoms with E-state index in [0.29, 0.717) is 5.65 Å². The first-order chi connectivity index (χ1) is 21.2. The smallest absolute Gasteiger partial charge is 0.362 e. The molecule has 0 N–H and O–H groups in total. The van der Waals surface area contributed by atoms with Crippen molar-refractivity contribution in [1.29, 1.82) is 0 Å². The predicted molar refractivity (Wildman–Crippen MR) is 176 cm³/mol. The van der Waals surface area contributed by atoms with E-state index in [1.165, 1.54) is 22.3 Å². The van der Waals surface area contributed by atoms with Gasteiger partial charge in [-0.05, 0) is 66.5 Å². The van der Waals surface area contributed by atoms with Crippen molar-refractivity contribution in [3.05, 3.63) is 152 Å².